The van der Waals surface area contributed by atoms with Crippen molar-refractivity contribution in [3.63, 3.8) is 0 Å². The Kier molecular flexibility index (Phi) is 4.71. The lowest BCUT2D eigenvalue weighted by Crippen LogP contribution is -2.18. The maximum Gasteiger partial charge on any atom is 0.234 e. The first-order valence-corrected chi connectivity index (χ1v) is 6.56. The minimum Gasteiger partial charge on any atom is -0.506 e. The Morgan fingerprint density at radius 1 is 1.47 bits per heavy atom. The third-order valence-corrected chi connectivity index (χ3v) is 3.44. The number of carbonyl (C=O) groups is 1. The molecule has 0 fully saturated rings. The normalized spacial score (nSPS) is 11.3. The van der Waals surface area contributed by atoms with Crippen LogP contribution in [0.4, 0.5) is 5.69 Å². The van der Waals surface area contributed by atoms with Gasteiger partial charge in [-0.15, -0.1) is 11.8 Å². The molecule has 1 amide bonds. The van der Waals surface area contributed by atoms with E-state index in [0.29, 0.717) is 11.4 Å². The van der Waals surface area contributed by atoms with Gasteiger partial charge in [0, 0.05) is 10.4 Å². The van der Waals surface area contributed by atoms with E-state index in [9.17, 15) is 9.90 Å². The zero-order valence-electron chi connectivity index (χ0n) is 10.1. The van der Waals surface area contributed by atoms with Crippen molar-refractivity contribution >= 4 is 35.0 Å². The zero-order valence-corrected chi connectivity index (χ0v) is 11.7. The molecule has 0 unspecified atom stereocenters. The Morgan fingerprint density at radius 3 is 2.65 bits per heavy atom. The third-order valence-electron chi connectivity index (χ3n) is 1.87. The van der Waals surface area contributed by atoms with Crippen molar-refractivity contribution in [3.8, 4) is 5.75 Å². The molecule has 1 rings (SSSR count). The van der Waals surface area contributed by atoms with Gasteiger partial charge in [0.25, 0.3) is 0 Å². The molecule has 0 aliphatic rings. The maximum absolute atomic E-state index is 11.6. The van der Waals surface area contributed by atoms with E-state index in [0.717, 1.165) is 0 Å². The second-order valence-corrected chi connectivity index (χ2v) is 6.82. The largest absolute Gasteiger partial charge is 0.506 e. The number of phenolic OH excluding ortho intramolecular Hbond substituents is 1. The highest BCUT2D eigenvalue weighted by Gasteiger charge is 2.13. The van der Waals surface area contributed by atoms with E-state index in [1.165, 1.54) is 12.1 Å². The summed E-state index contributed by atoms with van der Waals surface area (Å²) < 4.78 is 0.0595. The van der Waals surface area contributed by atoms with Crippen molar-refractivity contribution < 1.29 is 9.90 Å². The lowest BCUT2D eigenvalue weighted by atomic mass is 10.3. The van der Waals surface area contributed by atoms with Crippen LogP contribution in [0.3, 0.4) is 0 Å². The Morgan fingerprint density at radius 2 is 2.12 bits per heavy atom. The fraction of sp³-hybridized carbons (Fsp3) is 0.417. The van der Waals surface area contributed by atoms with Crippen molar-refractivity contribution in [3.05, 3.63) is 23.2 Å². The van der Waals surface area contributed by atoms with Crippen molar-refractivity contribution in [2.24, 2.45) is 0 Å². The smallest absolute Gasteiger partial charge is 0.234 e. The van der Waals surface area contributed by atoms with E-state index in [4.69, 9.17) is 11.6 Å². The molecule has 0 atom stereocenters. The minimum atomic E-state index is -0.0771. The van der Waals surface area contributed by atoms with Crippen LogP contribution in [0.2, 0.25) is 5.02 Å². The summed E-state index contributed by atoms with van der Waals surface area (Å²) in [6.07, 6.45) is 0. The number of benzene rings is 1. The molecule has 0 spiro atoms. The van der Waals surface area contributed by atoms with E-state index in [2.05, 4.69) is 26.1 Å². The summed E-state index contributed by atoms with van der Waals surface area (Å²) in [7, 11) is 0. The molecule has 0 saturated carbocycles. The molecule has 5 heteroatoms. The average Bonchev–Trinajstić information content (AvgIpc) is 2.20. The van der Waals surface area contributed by atoms with Crippen LogP contribution in [-0.2, 0) is 4.79 Å². The van der Waals surface area contributed by atoms with Crippen molar-refractivity contribution in [1.29, 1.82) is 0 Å². The summed E-state index contributed by atoms with van der Waals surface area (Å²) >= 11 is 7.31. The molecule has 2 N–H and O–H groups in total. The summed E-state index contributed by atoms with van der Waals surface area (Å²) in [6.45, 7) is 6.17. The van der Waals surface area contributed by atoms with Crippen LogP contribution in [0.25, 0.3) is 0 Å². The molecular formula is C12H16ClNO2S. The SMILES string of the molecule is CC(C)(C)SCC(=O)Nc1ccc(O)c(Cl)c1. The zero-order chi connectivity index (χ0) is 13.1. The summed E-state index contributed by atoms with van der Waals surface area (Å²) in [5.41, 5.74) is 0.590. The van der Waals surface area contributed by atoms with E-state index < -0.39 is 0 Å². The molecule has 1 aromatic rings. The Labute approximate surface area is 111 Å². The summed E-state index contributed by atoms with van der Waals surface area (Å²) in [6, 6.07) is 4.59. The number of hydrogen-bond acceptors (Lipinski definition) is 3. The van der Waals surface area contributed by atoms with Gasteiger partial charge in [-0.25, -0.2) is 0 Å². The van der Waals surface area contributed by atoms with Gasteiger partial charge in [0.1, 0.15) is 5.75 Å². The van der Waals surface area contributed by atoms with Crippen LogP contribution in [-0.4, -0.2) is 21.5 Å². The van der Waals surface area contributed by atoms with Gasteiger partial charge in [0.15, 0.2) is 0 Å². The van der Waals surface area contributed by atoms with Crippen LogP contribution in [0.5, 0.6) is 5.75 Å². The van der Waals surface area contributed by atoms with Crippen LogP contribution in [0, 0.1) is 0 Å². The second-order valence-electron chi connectivity index (χ2n) is 4.62. The highest BCUT2D eigenvalue weighted by atomic mass is 35.5. The number of phenols is 1. The van der Waals surface area contributed by atoms with E-state index >= 15 is 0 Å². The highest BCUT2D eigenvalue weighted by Crippen LogP contribution is 2.27. The molecule has 0 bridgehead atoms. The van der Waals surface area contributed by atoms with E-state index in [1.807, 2.05) is 0 Å². The molecule has 17 heavy (non-hydrogen) atoms. The maximum atomic E-state index is 11.6. The number of carbonyl (C=O) groups excluding carboxylic acids is 1. The fourth-order valence-electron chi connectivity index (χ4n) is 1.06. The molecule has 1 aromatic carbocycles. The van der Waals surface area contributed by atoms with Crippen molar-refractivity contribution in [1.82, 2.24) is 0 Å². The number of amides is 1. The quantitative estimate of drug-likeness (QED) is 0.829. The molecular weight excluding hydrogens is 258 g/mol. The van der Waals surface area contributed by atoms with E-state index in [1.54, 1.807) is 17.8 Å². The van der Waals surface area contributed by atoms with Gasteiger partial charge in [0.2, 0.25) is 5.91 Å². The third kappa shape index (κ3) is 5.33. The van der Waals surface area contributed by atoms with Crippen LogP contribution in [0.15, 0.2) is 18.2 Å². The standard InChI is InChI=1S/C12H16ClNO2S/c1-12(2,3)17-7-11(16)14-8-4-5-10(15)9(13)6-8/h4-6,15H,7H2,1-3H3,(H,14,16). The molecule has 3 nitrogen and oxygen atoms in total. The molecule has 94 valence electrons. The van der Waals surface area contributed by atoms with Gasteiger partial charge >= 0.3 is 0 Å². The van der Waals surface area contributed by atoms with Crippen LogP contribution < -0.4 is 5.32 Å². The summed E-state index contributed by atoms with van der Waals surface area (Å²) in [4.78, 5) is 11.6. The number of thioether (sulfide) groups is 1. The van der Waals surface area contributed by atoms with Gasteiger partial charge in [-0.3, -0.25) is 4.79 Å². The van der Waals surface area contributed by atoms with Crippen molar-refractivity contribution in [2.45, 2.75) is 25.5 Å². The molecule has 0 saturated heterocycles. The number of nitrogens with one attached hydrogen (secondary N) is 1. The van der Waals surface area contributed by atoms with Crippen LogP contribution >= 0.6 is 23.4 Å². The second kappa shape index (κ2) is 5.65. The van der Waals surface area contributed by atoms with Gasteiger partial charge in [-0.1, -0.05) is 32.4 Å². The monoisotopic (exact) mass is 273 g/mol. The summed E-state index contributed by atoms with van der Waals surface area (Å²) in [5, 5.41) is 12.2. The molecule has 0 aromatic heterocycles. The first kappa shape index (κ1) is 14.2. The van der Waals surface area contributed by atoms with Gasteiger partial charge in [-0.05, 0) is 18.2 Å². The molecule has 0 aliphatic carbocycles. The Balaban J connectivity index is 2.54. The predicted molar refractivity (Wildman–Crippen MR) is 74.0 cm³/mol. The Hall–Kier alpha value is -0.870. The number of anilines is 1. The first-order valence-electron chi connectivity index (χ1n) is 5.20. The van der Waals surface area contributed by atoms with Crippen molar-refractivity contribution in [2.75, 3.05) is 11.1 Å². The molecule has 0 radical (unpaired) electrons. The van der Waals surface area contributed by atoms with Gasteiger partial charge in [-0.2, -0.15) is 0 Å². The number of hydrogen-bond donors (Lipinski definition) is 2. The number of halogens is 1. The Bertz CT molecular complexity index is 415. The number of aromatic hydroxyl groups is 1. The van der Waals surface area contributed by atoms with E-state index in [-0.39, 0.29) is 21.4 Å². The minimum absolute atomic E-state index is 0.00809. The van der Waals surface area contributed by atoms with Crippen LogP contribution in [0.1, 0.15) is 20.8 Å². The molecule has 0 aliphatic heterocycles. The summed E-state index contributed by atoms with van der Waals surface area (Å²) in [5.74, 6) is 0.322. The first-order chi connectivity index (χ1) is 7.78. The topological polar surface area (TPSA) is 49.3 Å². The average molecular weight is 274 g/mol. The lowest BCUT2D eigenvalue weighted by Gasteiger charge is -2.17. The van der Waals surface area contributed by atoms with Gasteiger partial charge in [0.05, 0.1) is 10.8 Å². The lowest BCUT2D eigenvalue weighted by molar-refractivity contribution is -0.113. The van der Waals surface area contributed by atoms with Gasteiger partial charge < -0.3 is 10.4 Å². The predicted octanol–water partition coefficient (Wildman–Crippen LogP) is 3.52. The highest BCUT2D eigenvalue weighted by molar-refractivity contribution is 8.01. The fourth-order valence-corrected chi connectivity index (χ4v) is 1.88. The molecule has 0 heterocycles. The number of rotatable bonds is 3.